The molecule has 0 saturated heterocycles. The molecule has 1 atom stereocenters. The van der Waals surface area contributed by atoms with E-state index in [2.05, 4.69) is 45.6 Å². The van der Waals surface area contributed by atoms with Crippen LogP contribution in [0, 0.1) is 0 Å². The number of benzene rings is 1. The summed E-state index contributed by atoms with van der Waals surface area (Å²) in [5, 5.41) is 0.825. The zero-order valence-corrected chi connectivity index (χ0v) is 14.3. The maximum atomic E-state index is 6.00. The quantitative estimate of drug-likeness (QED) is 0.379. The van der Waals surface area contributed by atoms with E-state index in [0.717, 1.165) is 11.4 Å². The third kappa shape index (κ3) is 4.50. The Labute approximate surface area is 124 Å². The second-order valence-corrected chi connectivity index (χ2v) is 11.5. The Hall–Kier alpha value is -0.533. The molecule has 1 rings (SSSR count). The molecule has 0 aliphatic heterocycles. The van der Waals surface area contributed by atoms with E-state index < -0.39 is 8.07 Å². The van der Waals surface area contributed by atoms with Crippen LogP contribution in [-0.4, -0.2) is 8.07 Å². The first kappa shape index (κ1) is 16.5. The second-order valence-electron chi connectivity index (χ2n) is 5.54. The van der Waals surface area contributed by atoms with Gasteiger partial charge < -0.3 is 0 Å². The lowest BCUT2D eigenvalue weighted by Gasteiger charge is -2.32. The lowest BCUT2D eigenvalue weighted by atomic mass is 9.98. The fraction of sp³-hybridized carbons (Fsp3) is 0.529. The molecule has 106 valence electrons. The van der Waals surface area contributed by atoms with E-state index in [1.54, 1.807) is 0 Å². The average Bonchev–Trinajstić information content (AvgIpc) is 2.45. The molecule has 1 aromatic rings. The molecule has 19 heavy (non-hydrogen) atoms. The monoisotopic (exact) mass is 294 g/mol. The highest BCUT2D eigenvalue weighted by Crippen LogP contribution is 2.36. The Morgan fingerprint density at radius 2 is 1.63 bits per heavy atom. The van der Waals surface area contributed by atoms with Gasteiger partial charge in [-0.25, -0.2) is 0 Å². The third-order valence-electron chi connectivity index (χ3n) is 4.72. The van der Waals surface area contributed by atoms with Crippen molar-refractivity contribution in [2.45, 2.75) is 57.3 Å². The lowest BCUT2D eigenvalue weighted by molar-refractivity contribution is 0.755. The van der Waals surface area contributed by atoms with E-state index in [1.807, 2.05) is 12.1 Å². The average molecular weight is 295 g/mol. The van der Waals surface area contributed by atoms with Crippen LogP contribution in [0.2, 0.25) is 29.2 Å². The van der Waals surface area contributed by atoms with Gasteiger partial charge in [-0.15, -0.1) is 6.58 Å². The predicted octanol–water partition coefficient (Wildman–Crippen LogP) is 6.51. The molecule has 0 bridgehead atoms. The van der Waals surface area contributed by atoms with Crippen molar-refractivity contribution in [1.29, 1.82) is 0 Å². The van der Waals surface area contributed by atoms with Crippen molar-refractivity contribution < 1.29 is 0 Å². The number of hydrogen-bond donors (Lipinski definition) is 0. The second kappa shape index (κ2) is 7.91. The fourth-order valence-electron chi connectivity index (χ4n) is 2.98. The van der Waals surface area contributed by atoms with Crippen LogP contribution in [0.25, 0.3) is 0 Å². The van der Waals surface area contributed by atoms with E-state index in [4.69, 9.17) is 11.6 Å². The summed E-state index contributed by atoms with van der Waals surface area (Å²) in [5.74, 6) is 0.626. The Kier molecular flexibility index (Phi) is 6.88. The van der Waals surface area contributed by atoms with Gasteiger partial charge in [0.15, 0.2) is 0 Å². The topological polar surface area (TPSA) is 0 Å². The summed E-state index contributed by atoms with van der Waals surface area (Å²) in [6, 6.07) is 14.0. The molecule has 0 fully saturated rings. The van der Waals surface area contributed by atoms with Crippen molar-refractivity contribution in [2.24, 2.45) is 0 Å². The Bertz CT molecular complexity index is 370. The molecule has 0 aliphatic rings. The number of allylic oxidation sites excluding steroid dienone is 1. The van der Waals surface area contributed by atoms with Crippen LogP contribution in [-0.2, 0) is 0 Å². The van der Waals surface area contributed by atoms with Crippen molar-refractivity contribution in [3.63, 3.8) is 0 Å². The van der Waals surface area contributed by atoms with Gasteiger partial charge in [-0.3, -0.25) is 0 Å². The van der Waals surface area contributed by atoms with E-state index >= 15 is 0 Å². The lowest BCUT2D eigenvalue weighted by Crippen LogP contribution is -2.33. The first-order chi connectivity index (χ1) is 9.10. The Morgan fingerprint density at radius 3 is 2.05 bits per heavy atom. The van der Waals surface area contributed by atoms with Gasteiger partial charge in [0, 0.05) is 5.02 Å². The first-order valence-electron chi connectivity index (χ1n) is 7.47. The molecule has 1 aromatic carbocycles. The minimum Gasteiger partial charge on any atom is -0.103 e. The number of rotatable bonds is 8. The molecular weight excluding hydrogens is 268 g/mol. The fourth-order valence-corrected chi connectivity index (χ4v) is 6.92. The van der Waals surface area contributed by atoms with Crippen molar-refractivity contribution in [1.82, 2.24) is 0 Å². The summed E-state index contributed by atoms with van der Waals surface area (Å²) in [4.78, 5) is 0. The van der Waals surface area contributed by atoms with E-state index in [9.17, 15) is 0 Å². The summed E-state index contributed by atoms with van der Waals surface area (Å²) in [6.07, 6.45) is 3.15. The van der Waals surface area contributed by atoms with Crippen molar-refractivity contribution >= 4 is 19.7 Å². The molecule has 0 aliphatic carbocycles. The normalized spacial score (nSPS) is 13.3. The van der Waals surface area contributed by atoms with E-state index in [1.165, 1.54) is 29.7 Å². The van der Waals surface area contributed by atoms with E-state index in [0.29, 0.717) is 5.92 Å². The van der Waals surface area contributed by atoms with E-state index in [-0.39, 0.29) is 0 Å². The highest BCUT2D eigenvalue weighted by molar-refractivity contribution is 6.79. The third-order valence-corrected chi connectivity index (χ3v) is 10.8. The van der Waals surface area contributed by atoms with Gasteiger partial charge in [0.05, 0.1) is 8.07 Å². The van der Waals surface area contributed by atoms with Crippen molar-refractivity contribution in [3.05, 3.63) is 47.5 Å². The van der Waals surface area contributed by atoms with Crippen LogP contribution in [0.3, 0.4) is 0 Å². The first-order valence-corrected chi connectivity index (χ1v) is 10.7. The van der Waals surface area contributed by atoms with Gasteiger partial charge in [-0.05, 0) is 36.1 Å². The molecule has 0 aromatic heterocycles. The highest BCUT2D eigenvalue weighted by atomic mass is 35.5. The van der Waals surface area contributed by atoms with Crippen molar-refractivity contribution in [3.8, 4) is 0 Å². The van der Waals surface area contributed by atoms with Gasteiger partial charge >= 0.3 is 0 Å². The smallest absolute Gasteiger partial charge is 0.0533 e. The summed E-state index contributed by atoms with van der Waals surface area (Å²) in [5.41, 5.74) is 1.43. The molecule has 0 nitrogen and oxygen atoms in total. The van der Waals surface area contributed by atoms with Crippen LogP contribution >= 0.6 is 11.6 Å². The largest absolute Gasteiger partial charge is 0.103 e. The molecule has 2 heteroatoms. The standard InChI is InChI=1S/C17H27ClSi/c1-5-9-16(14-19(6-2,7-3)8-4)15-10-12-17(18)13-11-15/h5,10-13,16H,1,6-9,14H2,2-4H3. The molecule has 0 N–H and O–H groups in total. The van der Waals surface area contributed by atoms with Crippen LogP contribution in [0.1, 0.15) is 38.7 Å². The maximum Gasteiger partial charge on any atom is 0.0533 e. The molecule has 1 unspecified atom stereocenters. The van der Waals surface area contributed by atoms with Crippen LogP contribution < -0.4 is 0 Å². The zero-order valence-electron chi connectivity index (χ0n) is 12.6. The minimum absolute atomic E-state index is 0.626. The van der Waals surface area contributed by atoms with Gasteiger partial charge in [-0.1, -0.05) is 68.7 Å². The molecule has 0 saturated carbocycles. The highest BCUT2D eigenvalue weighted by Gasteiger charge is 2.30. The summed E-state index contributed by atoms with van der Waals surface area (Å²) >= 11 is 6.00. The van der Waals surface area contributed by atoms with Gasteiger partial charge in [0.25, 0.3) is 0 Å². The maximum absolute atomic E-state index is 6.00. The van der Waals surface area contributed by atoms with Crippen LogP contribution in [0.5, 0.6) is 0 Å². The Balaban J connectivity index is 2.94. The minimum atomic E-state index is -1.09. The van der Waals surface area contributed by atoms with Gasteiger partial charge in [0.2, 0.25) is 0 Å². The predicted molar refractivity (Wildman–Crippen MR) is 91.0 cm³/mol. The number of halogens is 1. The van der Waals surface area contributed by atoms with Gasteiger partial charge in [0.1, 0.15) is 0 Å². The summed E-state index contributed by atoms with van der Waals surface area (Å²) in [7, 11) is -1.09. The van der Waals surface area contributed by atoms with Crippen molar-refractivity contribution in [2.75, 3.05) is 0 Å². The molecule has 0 heterocycles. The van der Waals surface area contributed by atoms with Crippen LogP contribution in [0.15, 0.2) is 36.9 Å². The zero-order chi connectivity index (χ0) is 14.3. The van der Waals surface area contributed by atoms with Crippen LogP contribution in [0.4, 0.5) is 0 Å². The molecular formula is C17H27ClSi. The summed E-state index contributed by atoms with van der Waals surface area (Å²) < 4.78 is 0. The number of hydrogen-bond acceptors (Lipinski definition) is 0. The molecule has 0 radical (unpaired) electrons. The van der Waals surface area contributed by atoms with Gasteiger partial charge in [-0.2, -0.15) is 0 Å². The SMILES string of the molecule is C=CCC(C[Si](CC)(CC)CC)c1ccc(Cl)cc1. The summed E-state index contributed by atoms with van der Waals surface area (Å²) in [6.45, 7) is 11.1. The Morgan fingerprint density at radius 1 is 1.11 bits per heavy atom. The molecule has 0 amide bonds. The molecule has 0 spiro atoms.